The Labute approximate surface area is 141 Å². The molecule has 3 N–H and O–H groups in total. The third-order valence-electron chi connectivity index (χ3n) is 2.87. The molecule has 122 valence electrons. The van der Waals surface area contributed by atoms with Crippen LogP contribution in [0.5, 0.6) is 0 Å². The number of carbonyl (C=O) groups excluding carboxylic acids is 2. The van der Waals surface area contributed by atoms with Crippen molar-refractivity contribution < 1.29 is 19.5 Å². The van der Waals surface area contributed by atoms with E-state index in [1.54, 1.807) is 24.3 Å². The van der Waals surface area contributed by atoms with Gasteiger partial charge < -0.3 is 15.7 Å². The van der Waals surface area contributed by atoms with Crippen LogP contribution in [0.25, 0.3) is 0 Å². The number of benzene rings is 1. The van der Waals surface area contributed by atoms with Gasteiger partial charge in [0, 0.05) is 18.0 Å². The molecule has 0 spiro atoms. The van der Waals surface area contributed by atoms with E-state index in [0.717, 1.165) is 0 Å². The van der Waals surface area contributed by atoms with Crippen LogP contribution in [-0.2, 0) is 14.4 Å². The van der Waals surface area contributed by atoms with Crippen molar-refractivity contribution in [1.82, 2.24) is 10.6 Å². The zero-order chi connectivity index (χ0) is 16.8. The Morgan fingerprint density at radius 3 is 2.70 bits per heavy atom. The summed E-state index contributed by atoms with van der Waals surface area (Å²) >= 11 is 6.95. The molecule has 1 aromatic carbocycles. The molecule has 23 heavy (non-hydrogen) atoms. The Morgan fingerprint density at radius 2 is 2.04 bits per heavy atom. The number of hydrogen-bond acceptors (Lipinski definition) is 5. The van der Waals surface area contributed by atoms with Gasteiger partial charge in [0.2, 0.25) is 11.8 Å². The first-order valence-corrected chi connectivity index (χ1v) is 8.00. The van der Waals surface area contributed by atoms with Gasteiger partial charge in [-0.25, -0.2) is 4.99 Å². The summed E-state index contributed by atoms with van der Waals surface area (Å²) in [6.07, 6.45) is -0.186. The predicted octanol–water partition coefficient (Wildman–Crippen LogP) is 1.54. The topological polar surface area (TPSA) is 108 Å². The van der Waals surface area contributed by atoms with E-state index in [1.165, 1.54) is 11.8 Å². The summed E-state index contributed by atoms with van der Waals surface area (Å²) < 4.78 is 0. The van der Waals surface area contributed by atoms with E-state index >= 15 is 0 Å². The van der Waals surface area contributed by atoms with E-state index in [-0.39, 0.29) is 31.2 Å². The van der Waals surface area contributed by atoms with Crippen molar-refractivity contribution in [2.24, 2.45) is 4.99 Å². The van der Waals surface area contributed by atoms with E-state index < -0.39 is 11.2 Å². The molecule has 1 saturated heterocycles. The molecule has 1 aromatic rings. The Kier molecular flexibility index (Phi) is 6.00. The van der Waals surface area contributed by atoms with Crippen LogP contribution in [0.4, 0.5) is 5.69 Å². The number of halogens is 1. The van der Waals surface area contributed by atoms with E-state index in [9.17, 15) is 14.4 Å². The minimum atomic E-state index is -0.990. The highest BCUT2D eigenvalue weighted by Crippen LogP contribution is 2.25. The maximum Gasteiger partial charge on any atom is 0.305 e. The number of hydrogen-bond donors (Lipinski definition) is 3. The third-order valence-corrected chi connectivity index (χ3v) is 4.20. The minimum Gasteiger partial charge on any atom is -0.481 e. The van der Waals surface area contributed by atoms with Crippen molar-refractivity contribution in [2.45, 2.75) is 18.1 Å². The smallest absolute Gasteiger partial charge is 0.305 e. The average molecular weight is 356 g/mol. The molecule has 2 amide bonds. The fourth-order valence-electron chi connectivity index (χ4n) is 1.77. The number of amides is 2. The van der Waals surface area contributed by atoms with E-state index in [1.807, 2.05) is 0 Å². The highest BCUT2D eigenvalue weighted by molar-refractivity contribution is 8.15. The fourth-order valence-corrected chi connectivity index (χ4v) is 2.89. The quantitative estimate of drug-likeness (QED) is 0.717. The summed E-state index contributed by atoms with van der Waals surface area (Å²) in [4.78, 5) is 38.2. The molecule has 1 atom stereocenters. The molecule has 7 nitrogen and oxygen atoms in total. The number of carboxylic acids is 1. The summed E-state index contributed by atoms with van der Waals surface area (Å²) in [5.41, 5.74) is 0.642. The van der Waals surface area contributed by atoms with E-state index in [0.29, 0.717) is 15.9 Å². The highest BCUT2D eigenvalue weighted by atomic mass is 35.5. The highest BCUT2D eigenvalue weighted by Gasteiger charge is 2.32. The van der Waals surface area contributed by atoms with Crippen molar-refractivity contribution in [3.05, 3.63) is 29.3 Å². The lowest BCUT2D eigenvalue weighted by atomic mass is 10.2. The zero-order valence-corrected chi connectivity index (χ0v) is 13.5. The Balaban J connectivity index is 1.88. The van der Waals surface area contributed by atoms with E-state index in [2.05, 4.69) is 15.6 Å². The van der Waals surface area contributed by atoms with Gasteiger partial charge in [-0.1, -0.05) is 23.4 Å². The summed E-state index contributed by atoms with van der Waals surface area (Å²) in [6.45, 7) is 0.0406. The van der Waals surface area contributed by atoms with Crippen molar-refractivity contribution in [1.29, 1.82) is 0 Å². The normalized spacial score (nSPS) is 18.7. The van der Waals surface area contributed by atoms with Crippen LogP contribution < -0.4 is 10.6 Å². The number of amidine groups is 1. The molecule has 0 aliphatic carbocycles. The first-order chi connectivity index (χ1) is 10.9. The summed E-state index contributed by atoms with van der Waals surface area (Å²) in [6, 6.07) is 6.81. The Bertz CT molecular complexity index is 648. The number of nitrogens with one attached hydrogen (secondary N) is 2. The standard InChI is InChI=1S/C14H14ClN3O4S/c15-8-1-3-9(4-2-8)17-14-18-13(22)10(23-14)7-11(19)16-6-5-12(20)21/h1-4,10H,5-7H2,(H,16,19)(H,20,21)(H,17,18,22). The third kappa shape index (κ3) is 5.57. The lowest BCUT2D eigenvalue weighted by Gasteiger charge is -2.05. The second-order valence-corrected chi connectivity index (χ2v) is 6.31. The van der Waals surface area contributed by atoms with Crippen molar-refractivity contribution in [3.8, 4) is 0 Å². The molecule has 1 aliphatic heterocycles. The largest absolute Gasteiger partial charge is 0.481 e. The van der Waals surface area contributed by atoms with Gasteiger partial charge >= 0.3 is 5.97 Å². The molecule has 9 heteroatoms. The first-order valence-electron chi connectivity index (χ1n) is 6.74. The molecule has 0 aromatic heterocycles. The van der Waals surface area contributed by atoms with Gasteiger partial charge in [-0.05, 0) is 24.3 Å². The number of carboxylic acid groups (broad SMARTS) is 1. The van der Waals surface area contributed by atoms with Crippen LogP contribution in [0.3, 0.4) is 0 Å². The summed E-state index contributed by atoms with van der Waals surface area (Å²) in [5, 5.41) is 14.0. The second-order valence-electron chi connectivity index (χ2n) is 4.69. The van der Waals surface area contributed by atoms with Crippen molar-refractivity contribution in [2.75, 3.05) is 6.54 Å². The van der Waals surface area contributed by atoms with Crippen molar-refractivity contribution in [3.63, 3.8) is 0 Å². The number of thioether (sulfide) groups is 1. The second kappa shape index (κ2) is 7.98. The maximum atomic E-state index is 11.8. The number of aliphatic carboxylic acids is 1. The number of aliphatic imine (C=N–C) groups is 1. The molecule has 1 unspecified atom stereocenters. The number of carbonyl (C=O) groups is 3. The number of nitrogens with zero attached hydrogens (tertiary/aromatic N) is 1. The maximum absolute atomic E-state index is 11.8. The van der Waals surface area contributed by atoms with Crippen LogP contribution in [0.2, 0.25) is 5.02 Å². The molecular formula is C14H14ClN3O4S. The zero-order valence-electron chi connectivity index (χ0n) is 11.9. The molecule has 1 heterocycles. The van der Waals surface area contributed by atoms with Gasteiger partial charge in [0.05, 0.1) is 12.1 Å². The Morgan fingerprint density at radius 1 is 1.35 bits per heavy atom. The Hall–Kier alpha value is -2.06. The first kappa shape index (κ1) is 17.3. The van der Waals surface area contributed by atoms with Gasteiger partial charge in [-0.3, -0.25) is 14.4 Å². The van der Waals surface area contributed by atoms with Crippen LogP contribution in [0.15, 0.2) is 29.3 Å². The fraction of sp³-hybridized carbons (Fsp3) is 0.286. The summed E-state index contributed by atoms with van der Waals surface area (Å²) in [7, 11) is 0. The van der Waals surface area contributed by atoms with Gasteiger partial charge in [-0.2, -0.15) is 0 Å². The number of rotatable bonds is 6. The van der Waals surface area contributed by atoms with Crippen LogP contribution in [-0.4, -0.2) is 39.9 Å². The van der Waals surface area contributed by atoms with E-state index in [4.69, 9.17) is 16.7 Å². The SMILES string of the molecule is O=C(O)CCNC(=O)CC1SC(=Nc2ccc(Cl)cc2)NC1=O. The predicted molar refractivity (Wildman–Crippen MR) is 87.9 cm³/mol. The van der Waals surface area contributed by atoms with Crippen LogP contribution >= 0.6 is 23.4 Å². The lowest BCUT2D eigenvalue weighted by Crippen LogP contribution is -2.32. The van der Waals surface area contributed by atoms with Gasteiger partial charge in [0.25, 0.3) is 0 Å². The molecule has 1 aliphatic rings. The molecular weight excluding hydrogens is 342 g/mol. The molecule has 0 radical (unpaired) electrons. The summed E-state index contributed by atoms with van der Waals surface area (Å²) in [5.74, 6) is -1.65. The van der Waals surface area contributed by atoms with Gasteiger partial charge in [-0.15, -0.1) is 0 Å². The van der Waals surface area contributed by atoms with Crippen molar-refractivity contribution >= 4 is 52.0 Å². The monoisotopic (exact) mass is 355 g/mol. The lowest BCUT2D eigenvalue weighted by molar-refractivity contribution is -0.137. The average Bonchev–Trinajstić information content (AvgIpc) is 2.81. The molecule has 2 rings (SSSR count). The molecule has 0 bridgehead atoms. The van der Waals surface area contributed by atoms with Crippen LogP contribution in [0.1, 0.15) is 12.8 Å². The van der Waals surface area contributed by atoms with Crippen LogP contribution in [0, 0.1) is 0 Å². The van der Waals surface area contributed by atoms with Gasteiger partial charge in [0.15, 0.2) is 5.17 Å². The molecule has 0 saturated carbocycles. The minimum absolute atomic E-state index is 0.0320. The molecule has 1 fully saturated rings. The van der Waals surface area contributed by atoms with Gasteiger partial charge in [0.1, 0.15) is 5.25 Å².